The van der Waals surface area contributed by atoms with Crippen LogP contribution in [0.3, 0.4) is 0 Å². The number of azide groups is 1. The van der Waals surface area contributed by atoms with E-state index in [0.29, 0.717) is 11.6 Å². The summed E-state index contributed by atoms with van der Waals surface area (Å²) < 4.78 is 5.54. The topological polar surface area (TPSA) is 58.0 Å². The van der Waals surface area contributed by atoms with E-state index in [1.165, 1.54) is 0 Å². The van der Waals surface area contributed by atoms with Gasteiger partial charge in [-0.3, -0.25) is 0 Å². The Kier molecular flexibility index (Phi) is 2.48. The molecule has 0 fully saturated rings. The molecule has 0 aromatic heterocycles. The third-order valence-electron chi connectivity index (χ3n) is 2.13. The minimum absolute atomic E-state index is 0.0687. The lowest BCUT2D eigenvalue weighted by Gasteiger charge is -2.06. The smallest absolute Gasteiger partial charge is 0.141 e. The Morgan fingerprint density at radius 2 is 2.50 bits per heavy atom. The van der Waals surface area contributed by atoms with Gasteiger partial charge >= 0.3 is 0 Å². The van der Waals surface area contributed by atoms with Crippen LogP contribution in [-0.2, 0) is 6.42 Å². The molecule has 0 saturated heterocycles. The molecule has 0 aliphatic carbocycles. The van der Waals surface area contributed by atoms with Gasteiger partial charge in [0.05, 0.1) is 11.6 Å². The maximum absolute atomic E-state index is 8.17. The van der Waals surface area contributed by atoms with Crippen molar-refractivity contribution >= 4 is 11.6 Å². The fraction of sp³-hybridized carbons (Fsp3) is 0.333. The number of rotatable bonds is 2. The van der Waals surface area contributed by atoms with Crippen LogP contribution in [0.15, 0.2) is 23.3 Å². The zero-order chi connectivity index (χ0) is 9.97. The first-order valence-corrected chi connectivity index (χ1v) is 4.64. The Hall–Kier alpha value is -1.38. The molecule has 0 amide bonds. The van der Waals surface area contributed by atoms with E-state index in [9.17, 15) is 0 Å². The predicted octanol–water partition coefficient (Wildman–Crippen LogP) is 2.95. The number of halogens is 1. The van der Waals surface area contributed by atoms with Crippen molar-refractivity contribution in [3.63, 3.8) is 0 Å². The molecular weight excluding hydrogens is 202 g/mol. The normalized spacial score (nSPS) is 18.2. The zero-order valence-corrected chi connectivity index (χ0v) is 8.11. The van der Waals surface area contributed by atoms with Gasteiger partial charge in [0.2, 0.25) is 0 Å². The molecule has 72 valence electrons. The van der Waals surface area contributed by atoms with Crippen LogP contribution in [0.1, 0.15) is 5.56 Å². The summed E-state index contributed by atoms with van der Waals surface area (Å²) in [5.41, 5.74) is 9.25. The predicted molar refractivity (Wildman–Crippen MR) is 53.6 cm³/mol. The maximum Gasteiger partial charge on any atom is 0.141 e. The van der Waals surface area contributed by atoms with E-state index >= 15 is 0 Å². The fourth-order valence-electron chi connectivity index (χ4n) is 1.53. The highest BCUT2D eigenvalue weighted by Crippen LogP contribution is 2.35. The van der Waals surface area contributed by atoms with Gasteiger partial charge in [-0.05, 0) is 17.2 Å². The van der Waals surface area contributed by atoms with E-state index in [4.69, 9.17) is 21.9 Å². The van der Waals surface area contributed by atoms with E-state index in [1.54, 1.807) is 6.07 Å². The van der Waals surface area contributed by atoms with Crippen LogP contribution >= 0.6 is 11.6 Å². The van der Waals surface area contributed by atoms with Crippen LogP contribution in [-0.4, -0.2) is 12.6 Å². The van der Waals surface area contributed by atoms with Crippen molar-refractivity contribution in [2.45, 2.75) is 12.5 Å². The molecule has 0 bridgehead atoms. The van der Waals surface area contributed by atoms with Crippen LogP contribution < -0.4 is 4.74 Å². The molecule has 0 radical (unpaired) electrons. The second-order valence-corrected chi connectivity index (χ2v) is 3.49. The van der Waals surface area contributed by atoms with Crippen LogP contribution in [0.25, 0.3) is 10.4 Å². The number of para-hydroxylation sites is 1. The van der Waals surface area contributed by atoms with E-state index in [-0.39, 0.29) is 6.10 Å². The van der Waals surface area contributed by atoms with Crippen molar-refractivity contribution in [2.24, 2.45) is 5.11 Å². The highest BCUT2D eigenvalue weighted by atomic mass is 35.5. The molecule has 5 heteroatoms. The Morgan fingerprint density at radius 1 is 1.64 bits per heavy atom. The second-order valence-electron chi connectivity index (χ2n) is 3.09. The number of hydrogen-bond acceptors (Lipinski definition) is 2. The molecule has 4 nitrogen and oxygen atoms in total. The molecule has 0 saturated carbocycles. The molecule has 0 N–H and O–H groups in total. The molecule has 1 aliphatic heterocycles. The molecule has 0 unspecified atom stereocenters. The van der Waals surface area contributed by atoms with Gasteiger partial charge in [-0.2, -0.15) is 0 Å². The zero-order valence-electron chi connectivity index (χ0n) is 7.35. The summed E-state index contributed by atoms with van der Waals surface area (Å²) in [5.74, 6) is 0.729. The van der Waals surface area contributed by atoms with Crippen molar-refractivity contribution < 1.29 is 4.74 Å². The van der Waals surface area contributed by atoms with Gasteiger partial charge in [0.25, 0.3) is 0 Å². The number of ether oxygens (including phenoxy) is 1. The van der Waals surface area contributed by atoms with Gasteiger partial charge in [-0.15, -0.1) is 0 Å². The molecule has 2 rings (SSSR count). The van der Waals surface area contributed by atoms with Gasteiger partial charge in [0.1, 0.15) is 11.9 Å². The number of benzene rings is 1. The van der Waals surface area contributed by atoms with Crippen LogP contribution in [0.4, 0.5) is 0 Å². The molecule has 1 atom stereocenters. The molecule has 0 spiro atoms. The van der Waals surface area contributed by atoms with E-state index in [0.717, 1.165) is 17.7 Å². The summed E-state index contributed by atoms with van der Waals surface area (Å²) in [7, 11) is 0. The third kappa shape index (κ3) is 1.62. The standard InChI is InChI=1S/C9H8ClN3O/c10-8-3-1-2-6-4-7(5-12-13-11)14-9(6)8/h1-3,7H,4-5H2/t7-/m0/s1. The van der Waals surface area contributed by atoms with Crippen LogP contribution in [0, 0.1) is 0 Å². The number of hydrogen-bond donors (Lipinski definition) is 0. The Balaban J connectivity index is 2.17. The van der Waals surface area contributed by atoms with Gasteiger partial charge in [0, 0.05) is 11.3 Å². The molecule has 1 aromatic carbocycles. The molecule has 1 aliphatic rings. The van der Waals surface area contributed by atoms with Gasteiger partial charge in [-0.25, -0.2) is 0 Å². The van der Waals surface area contributed by atoms with Crippen LogP contribution in [0.2, 0.25) is 5.02 Å². The first kappa shape index (κ1) is 9.19. The maximum atomic E-state index is 8.17. The Bertz CT molecular complexity index is 401. The summed E-state index contributed by atoms with van der Waals surface area (Å²) in [5, 5.41) is 4.10. The Labute approximate surface area is 86.1 Å². The second kappa shape index (κ2) is 3.78. The summed E-state index contributed by atoms with van der Waals surface area (Å²) in [4.78, 5) is 2.70. The Morgan fingerprint density at radius 3 is 3.21 bits per heavy atom. The van der Waals surface area contributed by atoms with E-state index < -0.39 is 0 Å². The summed E-state index contributed by atoms with van der Waals surface area (Å²) in [6.45, 7) is 0.349. The minimum atomic E-state index is -0.0687. The van der Waals surface area contributed by atoms with Crippen molar-refractivity contribution in [3.05, 3.63) is 39.2 Å². The average Bonchev–Trinajstić information content (AvgIpc) is 2.59. The van der Waals surface area contributed by atoms with Gasteiger partial charge < -0.3 is 4.74 Å². The molecule has 1 heterocycles. The largest absolute Gasteiger partial charge is 0.488 e. The third-order valence-corrected chi connectivity index (χ3v) is 2.43. The first-order valence-electron chi connectivity index (χ1n) is 4.26. The van der Waals surface area contributed by atoms with E-state index in [2.05, 4.69) is 10.0 Å². The summed E-state index contributed by atoms with van der Waals surface area (Å²) in [6, 6.07) is 5.65. The van der Waals surface area contributed by atoms with Crippen molar-refractivity contribution in [3.8, 4) is 5.75 Å². The average molecular weight is 210 g/mol. The highest BCUT2D eigenvalue weighted by molar-refractivity contribution is 6.32. The van der Waals surface area contributed by atoms with Gasteiger partial charge in [0.15, 0.2) is 0 Å². The molecular formula is C9H8ClN3O. The summed E-state index contributed by atoms with van der Waals surface area (Å²) >= 11 is 5.94. The van der Waals surface area contributed by atoms with Crippen LogP contribution in [0.5, 0.6) is 5.75 Å². The lowest BCUT2D eigenvalue weighted by atomic mass is 10.1. The lowest BCUT2D eigenvalue weighted by molar-refractivity contribution is 0.241. The van der Waals surface area contributed by atoms with Crippen molar-refractivity contribution in [1.29, 1.82) is 0 Å². The fourth-order valence-corrected chi connectivity index (χ4v) is 1.77. The van der Waals surface area contributed by atoms with Crippen molar-refractivity contribution in [1.82, 2.24) is 0 Å². The minimum Gasteiger partial charge on any atom is -0.488 e. The monoisotopic (exact) mass is 209 g/mol. The van der Waals surface area contributed by atoms with Crippen molar-refractivity contribution in [2.75, 3.05) is 6.54 Å². The number of fused-ring (bicyclic) bond motifs is 1. The molecule has 14 heavy (non-hydrogen) atoms. The van der Waals surface area contributed by atoms with E-state index in [1.807, 2.05) is 12.1 Å². The molecule has 1 aromatic rings. The quantitative estimate of drug-likeness (QED) is 0.420. The summed E-state index contributed by atoms with van der Waals surface area (Å²) in [6.07, 6.45) is 0.690. The van der Waals surface area contributed by atoms with Gasteiger partial charge in [-0.1, -0.05) is 28.8 Å². The SMILES string of the molecule is [N-]=[N+]=NC[C@@H]1Cc2cccc(Cl)c2O1. The first-order chi connectivity index (χ1) is 6.81. The number of nitrogens with zero attached hydrogens (tertiary/aromatic N) is 3. The highest BCUT2D eigenvalue weighted by Gasteiger charge is 2.23. The lowest BCUT2D eigenvalue weighted by Crippen LogP contribution is -2.16.